The molecule has 132 valence electrons. The fraction of sp³-hybridized carbons (Fsp3) is 0.316. The number of benzene rings is 2. The molecule has 25 heavy (non-hydrogen) atoms. The molecule has 1 aliphatic rings. The Labute approximate surface area is 147 Å². The Morgan fingerprint density at radius 3 is 2.68 bits per heavy atom. The molecule has 0 unspecified atom stereocenters. The number of aryl methyl sites for hydroxylation is 1. The maximum absolute atomic E-state index is 5.44. The molecule has 2 aromatic rings. The zero-order valence-electron chi connectivity index (χ0n) is 14.8. The van der Waals surface area contributed by atoms with E-state index in [1.807, 2.05) is 31.2 Å². The quantitative estimate of drug-likeness (QED) is 0.646. The summed E-state index contributed by atoms with van der Waals surface area (Å²) in [7, 11) is 3.44. The van der Waals surface area contributed by atoms with Crippen LogP contribution in [0.15, 0.2) is 41.4 Å². The minimum absolute atomic E-state index is 0.286. The Morgan fingerprint density at radius 1 is 1.08 bits per heavy atom. The van der Waals surface area contributed by atoms with Crippen molar-refractivity contribution in [1.29, 1.82) is 0 Å². The fourth-order valence-electron chi connectivity index (χ4n) is 2.63. The molecule has 0 bridgehead atoms. The third kappa shape index (κ3) is 4.15. The molecule has 0 aliphatic carbocycles. The molecule has 6 heteroatoms. The van der Waals surface area contributed by atoms with Crippen molar-refractivity contribution in [2.75, 3.05) is 21.0 Å². The highest BCUT2D eigenvalue weighted by Gasteiger charge is 2.13. The Kier molecular flexibility index (Phi) is 5.28. The lowest BCUT2D eigenvalue weighted by Crippen LogP contribution is -2.36. The van der Waals surface area contributed by atoms with E-state index in [1.165, 1.54) is 5.56 Å². The molecule has 0 saturated carbocycles. The number of rotatable bonds is 5. The Bertz CT molecular complexity index is 775. The van der Waals surface area contributed by atoms with Crippen molar-refractivity contribution in [2.45, 2.75) is 20.0 Å². The van der Waals surface area contributed by atoms with Crippen LogP contribution in [0.1, 0.15) is 16.7 Å². The summed E-state index contributed by atoms with van der Waals surface area (Å²) in [5.74, 6) is 3.17. The molecular weight excluding hydrogens is 318 g/mol. The molecule has 3 rings (SSSR count). The van der Waals surface area contributed by atoms with Crippen molar-refractivity contribution in [2.24, 2.45) is 4.99 Å². The van der Waals surface area contributed by atoms with Crippen LogP contribution in [-0.4, -0.2) is 26.9 Å². The van der Waals surface area contributed by atoms with E-state index in [4.69, 9.17) is 14.2 Å². The summed E-state index contributed by atoms with van der Waals surface area (Å²) in [6.07, 6.45) is 0. The molecule has 0 spiro atoms. The summed E-state index contributed by atoms with van der Waals surface area (Å²) in [5, 5.41) is 6.60. The largest absolute Gasteiger partial charge is 0.496 e. The van der Waals surface area contributed by atoms with Gasteiger partial charge in [-0.2, -0.15) is 0 Å². The predicted molar refractivity (Wildman–Crippen MR) is 97.3 cm³/mol. The van der Waals surface area contributed by atoms with Crippen LogP contribution in [-0.2, 0) is 13.1 Å². The zero-order chi connectivity index (χ0) is 17.6. The fourth-order valence-corrected chi connectivity index (χ4v) is 2.63. The van der Waals surface area contributed by atoms with Gasteiger partial charge in [-0.25, -0.2) is 0 Å². The predicted octanol–water partition coefficient (Wildman–Crippen LogP) is 2.60. The van der Waals surface area contributed by atoms with Crippen LogP contribution in [0.3, 0.4) is 0 Å². The SMILES string of the molecule is CN=C(NCc1ccc2c(c1)OCO2)NCc1ccc(C)cc1OC. The Hall–Kier alpha value is -2.89. The number of fused-ring (bicyclic) bond motifs is 1. The Balaban J connectivity index is 1.57. The molecule has 1 aliphatic heterocycles. The number of hydrogen-bond donors (Lipinski definition) is 2. The molecule has 1 heterocycles. The van der Waals surface area contributed by atoms with Gasteiger partial charge in [-0.15, -0.1) is 0 Å². The lowest BCUT2D eigenvalue weighted by atomic mass is 10.1. The standard InChI is InChI=1S/C19H23N3O3/c1-13-4-6-15(17(8-13)23-3)11-22-19(20-2)21-10-14-5-7-16-18(9-14)25-12-24-16/h4-9H,10-12H2,1-3H3,(H2,20,21,22). The summed E-state index contributed by atoms with van der Waals surface area (Å²) >= 11 is 0. The lowest BCUT2D eigenvalue weighted by Gasteiger charge is -2.14. The van der Waals surface area contributed by atoms with E-state index < -0.39 is 0 Å². The van der Waals surface area contributed by atoms with E-state index in [0.717, 1.165) is 34.3 Å². The van der Waals surface area contributed by atoms with Crippen molar-refractivity contribution >= 4 is 5.96 Å². The highest BCUT2D eigenvalue weighted by molar-refractivity contribution is 5.79. The monoisotopic (exact) mass is 341 g/mol. The van der Waals surface area contributed by atoms with Gasteiger partial charge in [0.1, 0.15) is 5.75 Å². The van der Waals surface area contributed by atoms with Crippen LogP contribution < -0.4 is 24.8 Å². The van der Waals surface area contributed by atoms with Crippen molar-refractivity contribution in [3.05, 3.63) is 53.1 Å². The van der Waals surface area contributed by atoms with Gasteiger partial charge in [0.25, 0.3) is 0 Å². The number of methoxy groups -OCH3 is 1. The highest BCUT2D eigenvalue weighted by Crippen LogP contribution is 2.32. The van der Waals surface area contributed by atoms with Crippen LogP contribution in [0, 0.1) is 6.92 Å². The summed E-state index contributed by atoms with van der Waals surface area (Å²) in [6.45, 7) is 3.60. The van der Waals surface area contributed by atoms with Crippen LogP contribution in [0.2, 0.25) is 0 Å². The topological polar surface area (TPSA) is 64.1 Å². The van der Waals surface area contributed by atoms with Crippen LogP contribution in [0.4, 0.5) is 0 Å². The smallest absolute Gasteiger partial charge is 0.231 e. The van der Waals surface area contributed by atoms with Gasteiger partial charge in [-0.1, -0.05) is 18.2 Å². The molecule has 2 aromatic carbocycles. The maximum atomic E-state index is 5.44. The number of ether oxygens (including phenoxy) is 3. The van der Waals surface area contributed by atoms with Gasteiger partial charge in [0, 0.05) is 25.7 Å². The van der Waals surface area contributed by atoms with Gasteiger partial charge in [0.2, 0.25) is 6.79 Å². The van der Waals surface area contributed by atoms with Gasteiger partial charge in [0.15, 0.2) is 17.5 Å². The second kappa shape index (κ2) is 7.79. The van der Waals surface area contributed by atoms with Crippen LogP contribution in [0.5, 0.6) is 17.2 Å². The molecule has 6 nitrogen and oxygen atoms in total. The second-order valence-electron chi connectivity index (χ2n) is 5.78. The number of aliphatic imine (C=N–C) groups is 1. The van der Waals surface area contributed by atoms with E-state index >= 15 is 0 Å². The van der Waals surface area contributed by atoms with Crippen LogP contribution >= 0.6 is 0 Å². The van der Waals surface area contributed by atoms with Crippen molar-refractivity contribution < 1.29 is 14.2 Å². The Morgan fingerprint density at radius 2 is 1.88 bits per heavy atom. The summed E-state index contributed by atoms with van der Waals surface area (Å²) < 4.78 is 16.2. The maximum Gasteiger partial charge on any atom is 0.231 e. The first-order valence-corrected chi connectivity index (χ1v) is 8.16. The van der Waals surface area contributed by atoms with E-state index in [2.05, 4.69) is 27.8 Å². The lowest BCUT2D eigenvalue weighted by molar-refractivity contribution is 0.174. The van der Waals surface area contributed by atoms with E-state index in [0.29, 0.717) is 13.1 Å². The van der Waals surface area contributed by atoms with Crippen molar-refractivity contribution in [3.63, 3.8) is 0 Å². The first-order valence-electron chi connectivity index (χ1n) is 8.16. The molecule has 2 N–H and O–H groups in total. The summed E-state index contributed by atoms with van der Waals surface area (Å²) in [6, 6.07) is 12.1. The molecule has 0 radical (unpaired) electrons. The van der Waals surface area contributed by atoms with E-state index in [1.54, 1.807) is 14.2 Å². The molecule has 0 amide bonds. The van der Waals surface area contributed by atoms with Gasteiger partial charge in [-0.05, 0) is 36.2 Å². The number of guanidine groups is 1. The first-order chi connectivity index (χ1) is 12.2. The van der Waals surface area contributed by atoms with Gasteiger partial charge < -0.3 is 24.8 Å². The second-order valence-corrected chi connectivity index (χ2v) is 5.78. The molecule has 0 fully saturated rings. The normalized spacial score (nSPS) is 12.8. The molecule has 0 saturated heterocycles. The zero-order valence-corrected chi connectivity index (χ0v) is 14.8. The van der Waals surface area contributed by atoms with Gasteiger partial charge in [-0.3, -0.25) is 4.99 Å². The minimum Gasteiger partial charge on any atom is -0.496 e. The number of nitrogens with one attached hydrogen (secondary N) is 2. The highest BCUT2D eigenvalue weighted by atomic mass is 16.7. The molecular formula is C19H23N3O3. The first kappa shape index (κ1) is 17.0. The summed E-state index contributed by atoms with van der Waals surface area (Å²) in [4.78, 5) is 4.26. The summed E-state index contributed by atoms with van der Waals surface area (Å²) in [5.41, 5.74) is 3.35. The average Bonchev–Trinajstić information content (AvgIpc) is 3.10. The van der Waals surface area contributed by atoms with Crippen molar-refractivity contribution in [1.82, 2.24) is 10.6 Å². The minimum atomic E-state index is 0.286. The number of nitrogens with zero attached hydrogens (tertiary/aromatic N) is 1. The van der Waals surface area contributed by atoms with Crippen LogP contribution in [0.25, 0.3) is 0 Å². The van der Waals surface area contributed by atoms with Gasteiger partial charge in [0.05, 0.1) is 7.11 Å². The van der Waals surface area contributed by atoms with Crippen molar-refractivity contribution in [3.8, 4) is 17.2 Å². The number of hydrogen-bond acceptors (Lipinski definition) is 4. The molecule has 0 atom stereocenters. The average molecular weight is 341 g/mol. The van der Waals surface area contributed by atoms with E-state index in [-0.39, 0.29) is 6.79 Å². The van der Waals surface area contributed by atoms with E-state index in [9.17, 15) is 0 Å². The molecule has 0 aromatic heterocycles. The third-order valence-corrected chi connectivity index (χ3v) is 4.01. The third-order valence-electron chi connectivity index (χ3n) is 4.01. The van der Waals surface area contributed by atoms with Gasteiger partial charge >= 0.3 is 0 Å².